The number of anilines is 1. The Bertz CT molecular complexity index is 933. The maximum Gasteiger partial charge on any atom is 0.112 e. The van der Waals surface area contributed by atoms with Crippen molar-refractivity contribution in [2.24, 2.45) is 5.92 Å². The van der Waals surface area contributed by atoms with Crippen molar-refractivity contribution in [1.82, 2.24) is 0 Å². The fourth-order valence-electron chi connectivity index (χ4n) is 4.96. The minimum Gasteiger partial charge on any atom is -0.382 e. The van der Waals surface area contributed by atoms with Gasteiger partial charge in [-0.1, -0.05) is 86.1 Å². The van der Waals surface area contributed by atoms with Gasteiger partial charge < -0.3 is 5.32 Å². The lowest BCUT2D eigenvalue weighted by molar-refractivity contribution is 0.376. The maximum atomic E-state index is 10.6. The van der Waals surface area contributed by atoms with E-state index in [1.54, 1.807) is 0 Å². The molecule has 1 aliphatic carbocycles. The Morgan fingerprint density at radius 1 is 0.897 bits per heavy atom. The van der Waals surface area contributed by atoms with Crippen LogP contribution in [0.4, 0.5) is 5.69 Å². The highest BCUT2D eigenvalue weighted by molar-refractivity contribution is 5.51. The van der Waals surface area contributed by atoms with Crippen molar-refractivity contribution in [3.05, 3.63) is 102 Å². The number of hydrogen-bond donors (Lipinski definition) is 1. The van der Waals surface area contributed by atoms with Gasteiger partial charge in [-0.25, -0.2) is 0 Å². The molecule has 0 aliphatic heterocycles. The molecule has 4 rings (SSSR count). The van der Waals surface area contributed by atoms with Crippen molar-refractivity contribution in [3.63, 3.8) is 0 Å². The van der Waals surface area contributed by atoms with E-state index in [-0.39, 0.29) is 12.0 Å². The normalized spacial score (nSPS) is 18.9. The van der Waals surface area contributed by atoms with Crippen LogP contribution >= 0.6 is 0 Å². The van der Waals surface area contributed by atoms with Gasteiger partial charge in [0.05, 0.1) is 6.07 Å². The number of nitrogens with zero attached hydrogens (tertiary/aromatic N) is 1. The molecule has 0 bridgehead atoms. The van der Waals surface area contributed by atoms with Gasteiger partial charge in [-0.15, -0.1) is 0 Å². The summed E-state index contributed by atoms with van der Waals surface area (Å²) in [5.41, 5.74) is 4.03. The van der Waals surface area contributed by atoms with Crippen LogP contribution in [0.2, 0.25) is 0 Å². The Kier molecular flexibility index (Phi) is 5.67. The van der Waals surface area contributed by atoms with Crippen molar-refractivity contribution in [3.8, 4) is 6.07 Å². The van der Waals surface area contributed by atoms with Gasteiger partial charge in [0.25, 0.3) is 0 Å². The zero-order valence-corrected chi connectivity index (χ0v) is 17.0. The second kappa shape index (κ2) is 8.53. The summed E-state index contributed by atoms with van der Waals surface area (Å²) in [6.45, 7) is 2.18. The van der Waals surface area contributed by atoms with Crippen LogP contribution in [0, 0.1) is 17.2 Å². The lowest BCUT2D eigenvalue weighted by Gasteiger charge is -2.38. The van der Waals surface area contributed by atoms with E-state index in [1.165, 1.54) is 5.56 Å². The molecule has 29 heavy (non-hydrogen) atoms. The summed E-state index contributed by atoms with van der Waals surface area (Å²) in [4.78, 5) is 0. The molecule has 2 unspecified atom stereocenters. The molecule has 3 aromatic carbocycles. The summed E-state index contributed by atoms with van der Waals surface area (Å²) in [5.74, 6) is 0.211. The lowest BCUT2D eigenvalue weighted by atomic mass is 9.65. The van der Waals surface area contributed by atoms with Gasteiger partial charge in [0, 0.05) is 17.6 Å². The van der Waals surface area contributed by atoms with Gasteiger partial charge in [0.15, 0.2) is 0 Å². The van der Waals surface area contributed by atoms with Crippen LogP contribution in [0.15, 0.2) is 84.9 Å². The van der Waals surface area contributed by atoms with Gasteiger partial charge in [0.1, 0.15) is 5.41 Å². The third-order valence-electron chi connectivity index (χ3n) is 6.39. The first-order chi connectivity index (χ1) is 14.3. The second-order valence-electron chi connectivity index (χ2n) is 7.99. The molecule has 0 heterocycles. The molecule has 0 spiro atoms. The lowest BCUT2D eigenvalue weighted by Crippen LogP contribution is -2.42. The molecular weight excluding hydrogens is 352 g/mol. The molecule has 2 atom stereocenters. The molecule has 1 saturated carbocycles. The SMILES string of the molecule is CCc1cccc(NC2CCCC2C(C#N)(c2ccccc2)c2ccccc2)c1. The highest BCUT2D eigenvalue weighted by Crippen LogP contribution is 2.47. The number of nitrogens with one attached hydrogen (secondary N) is 1. The van der Waals surface area contributed by atoms with Crippen molar-refractivity contribution in [2.45, 2.75) is 44.1 Å². The summed E-state index contributed by atoms with van der Waals surface area (Å²) in [7, 11) is 0. The number of hydrogen-bond acceptors (Lipinski definition) is 2. The molecule has 1 fully saturated rings. The predicted octanol–water partition coefficient (Wildman–Crippen LogP) is 6.34. The fraction of sp³-hybridized carbons (Fsp3) is 0.296. The highest BCUT2D eigenvalue weighted by atomic mass is 14.9. The fourth-order valence-corrected chi connectivity index (χ4v) is 4.96. The summed E-state index contributed by atoms with van der Waals surface area (Å²) < 4.78 is 0. The number of aryl methyl sites for hydroxylation is 1. The Labute approximate surface area is 174 Å². The van der Waals surface area contributed by atoms with Crippen LogP contribution in [0.25, 0.3) is 0 Å². The molecular formula is C27H28N2. The monoisotopic (exact) mass is 380 g/mol. The Balaban J connectivity index is 1.76. The zero-order chi connectivity index (χ0) is 20.1. The molecule has 2 nitrogen and oxygen atoms in total. The first kappa shape index (κ1) is 19.3. The van der Waals surface area contributed by atoms with Crippen molar-refractivity contribution >= 4 is 5.69 Å². The van der Waals surface area contributed by atoms with E-state index in [1.807, 2.05) is 36.4 Å². The van der Waals surface area contributed by atoms with E-state index in [9.17, 15) is 5.26 Å². The first-order valence-electron chi connectivity index (χ1n) is 10.7. The Morgan fingerprint density at radius 2 is 1.55 bits per heavy atom. The van der Waals surface area contributed by atoms with E-state index >= 15 is 0 Å². The van der Waals surface area contributed by atoms with E-state index in [0.29, 0.717) is 0 Å². The predicted molar refractivity (Wildman–Crippen MR) is 120 cm³/mol. The summed E-state index contributed by atoms with van der Waals surface area (Å²) in [5, 5.41) is 14.4. The van der Waals surface area contributed by atoms with Gasteiger partial charge >= 0.3 is 0 Å². The molecule has 1 N–H and O–H groups in total. The summed E-state index contributed by atoms with van der Waals surface area (Å²) in [6.07, 6.45) is 4.30. The minimum absolute atomic E-state index is 0.211. The summed E-state index contributed by atoms with van der Waals surface area (Å²) >= 11 is 0. The summed E-state index contributed by atoms with van der Waals surface area (Å²) in [6, 6.07) is 32.4. The van der Waals surface area contributed by atoms with Crippen LogP contribution in [-0.4, -0.2) is 6.04 Å². The average Bonchev–Trinajstić information content (AvgIpc) is 3.25. The topological polar surface area (TPSA) is 35.8 Å². The molecule has 2 heteroatoms. The quantitative estimate of drug-likeness (QED) is 0.541. The largest absolute Gasteiger partial charge is 0.382 e. The van der Waals surface area contributed by atoms with Crippen LogP contribution in [0.1, 0.15) is 42.9 Å². The number of nitriles is 1. The Morgan fingerprint density at radius 3 is 2.14 bits per heavy atom. The van der Waals surface area contributed by atoms with Gasteiger partial charge in [-0.3, -0.25) is 0 Å². The number of benzene rings is 3. The van der Waals surface area contributed by atoms with E-state index in [0.717, 1.165) is 42.5 Å². The third kappa shape index (κ3) is 3.66. The van der Waals surface area contributed by atoms with E-state index < -0.39 is 5.41 Å². The number of rotatable bonds is 6. The molecule has 0 radical (unpaired) electrons. The smallest absolute Gasteiger partial charge is 0.112 e. The molecule has 0 saturated heterocycles. The maximum absolute atomic E-state index is 10.6. The van der Waals surface area contributed by atoms with Gasteiger partial charge in [-0.2, -0.15) is 5.26 Å². The van der Waals surface area contributed by atoms with Crippen LogP contribution < -0.4 is 5.32 Å². The van der Waals surface area contributed by atoms with Gasteiger partial charge in [-0.05, 0) is 48.1 Å². The van der Waals surface area contributed by atoms with Crippen molar-refractivity contribution < 1.29 is 0 Å². The highest BCUT2D eigenvalue weighted by Gasteiger charge is 2.48. The van der Waals surface area contributed by atoms with Crippen molar-refractivity contribution in [2.75, 3.05) is 5.32 Å². The van der Waals surface area contributed by atoms with Crippen LogP contribution in [-0.2, 0) is 11.8 Å². The van der Waals surface area contributed by atoms with E-state index in [4.69, 9.17) is 0 Å². The molecule has 0 amide bonds. The average molecular weight is 381 g/mol. The Hall–Kier alpha value is -3.05. The molecule has 3 aromatic rings. The van der Waals surface area contributed by atoms with E-state index in [2.05, 4.69) is 66.8 Å². The third-order valence-corrected chi connectivity index (χ3v) is 6.39. The van der Waals surface area contributed by atoms with Gasteiger partial charge in [0.2, 0.25) is 0 Å². The second-order valence-corrected chi connectivity index (χ2v) is 7.99. The first-order valence-corrected chi connectivity index (χ1v) is 10.7. The molecule has 146 valence electrons. The van der Waals surface area contributed by atoms with Crippen molar-refractivity contribution in [1.29, 1.82) is 5.26 Å². The standard InChI is InChI=1S/C27H28N2/c1-2-21-11-9-16-24(19-21)29-26-18-10-17-25(26)27(20-28,22-12-5-3-6-13-22)23-14-7-4-8-15-23/h3-9,11-16,19,25-26,29H,2,10,17-18H2,1H3. The minimum atomic E-state index is -0.654. The van der Waals surface area contributed by atoms with Crippen LogP contribution in [0.3, 0.4) is 0 Å². The molecule has 1 aliphatic rings. The molecule has 0 aromatic heterocycles. The van der Waals surface area contributed by atoms with Crippen LogP contribution in [0.5, 0.6) is 0 Å². The zero-order valence-electron chi connectivity index (χ0n) is 17.0.